The number of carbonyl (C=O) groups is 2. The molecule has 7 aliphatic heterocycles. The van der Waals surface area contributed by atoms with Crippen molar-refractivity contribution in [3.63, 3.8) is 0 Å². The SMILES string of the molecule is C[C@@H]1C/C=C/C2=C\[C@H]3C[C@@H]4[C@@H]5C6=C3[C@]37C(=O)O/C(=C(/O)C[C@@H]8[C@H]9CC%10(CCCC%10)[C@]%10(CCC[C@@]%10%11CCC[C@@H]%11C#CC[C@H]%10[C@H]%11C[C@@H](CN8%10)[C@@H]8CCC(=C5N8C%11)C[C@H]4C)C9)[C@@]3(CC6)[C@]3(OC(=O)c4c(CCCN)cccc43)[C@H]7C[C@@H]2[C@@H]2CCC[C@@]3(CC[C@@H]4[C@H](C=C[C@H]43)C1)C2. The lowest BCUT2D eigenvalue weighted by molar-refractivity contribution is -0.283. The minimum absolute atomic E-state index is 0.0274. The zero-order valence-electron chi connectivity index (χ0n) is 55.8. The van der Waals surface area contributed by atoms with E-state index >= 15 is 9.59 Å². The van der Waals surface area contributed by atoms with Crippen LogP contribution in [-0.2, 0) is 26.3 Å². The van der Waals surface area contributed by atoms with Crippen LogP contribution in [0, 0.1) is 133 Å². The molecule has 3 saturated heterocycles. The first-order valence-electron chi connectivity index (χ1n) is 39.1. The molecule has 7 saturated carbocycles. The maximum absolute atomic E-state index is 17.5. The lowest BCUT2D eigenvalue weighted by atomic mass is 9.27. The van der Waals surface area contributed by atoms with Crippen molar-refractivity contribution in [2.75, 3.05) is 19.6 Å². The van der Waals surface area contributed by atoms with Gasteiger partial charge in [0.25, 0.3) is 0 Å². The number of aliphatic hydroxyl groups excluding tert-OH is 1. The number of nitrogens with two attached hydrogens (primary N) is 1. The number of aliphatic hydroxyl groups is 1. The Hall–Kier alpha value is -4.32. The van der Waals surface area contributed by atoms with Gasteiger partial charge >= 0.3 is 11.9 Å². The maximum Gasteiger partial charge on any atom is 0.339 e. The molecule has 1 aromatic rings. The summed E-state index contributed by atoms with van der Waals surface area (Å²) in [6.07, 6.45) is 50.4. The number of carbonyl (C=O) groups excluding carboxylic acids is 2. The number of rotatable bonds is 3. The standard InChI is InChI=1S/C84H105N3O5/c1-48-12-5-14-51-38-55-40-62-49(2)37-53-22-24-67-56-39-57-47-87(67)74(53)72(62)61-26-34-82-75(69(88)42-68-58-44-79(28-3-4-29-79)81(45-58)32-11-31-80(81)30-9-18-59(80)17-7-20-66(57)86(68)46-56)91-77(90)83(82,73(55)61)70(84(82)65-19-6-13-50(16-10-35-85)71(65)76(89)92-84)41-63(51)54-15-8-27-78(43-54)33-25-60-52(36-48)21-23-64(60)78/h5-6,13-14,19,21,23,38,48-49,52,54-60,62-64,66-68,70,72,88H,3-4,8-12,15-16,18,20,22,24-37,39-47,85H2,1-2H3/b14-5+,51-38+,75-69+/t48-,49-,52-,54-,55+,56+,57+,58+,59+,60-,62+,63+,64-,66+,67+,68-,70+,72+,78-,80-,81+,82-,83-,84-/m1/s1. The zero-order chi connectivity index (χ0) is 61.2. The molecule has 15 bridgehead atoms. The van der Waals surface area contributed by atoms with Gasteiger partial charge in [-0.05, 0) is 271 Å². The number of aryl methyl sites for hydroxylation is 1. The molecule has 13 aliphatic carbocycles. The van der Waals surface area contributed by atoms with Crippen LogP contribution in [0.2, 0.25) is 0 Å². The zero-order valence-corrected chi connectivity index (χ0v) is 55.8. The first kappa shape index (κ1) is 56.8. The number of benzene rings is 1. The molecule has 20 aliphatic rings. The van der Waals surface area contributed by atoms with Gasteiger partial charge in [0, 0.05) is 79.0 Å². The van der Waals surface area contributed by atoms with Crippen LogP contribution in [0.25, 0.3) is 0 Å². The number of hydrogen-bond donors (Lipinski definition) is 2. The van der Waals surface area contributed by atoms with Crippen molar-refractivity contribution in [2.24, 2.45) is 127 Å². The van der Waals surface area contributed by atoms with Crippen LogP contribution in [0.15, 0.2) is 88.1 Å². The van der Waals surface area contributed by atoms with E-state index < -0.39 is 16.4 Å². The number of allylic oxidation sites excluding steroid dienone is 8. The number of piperidine rings is 2. The summed E-state index contributed by atoms with van der Waals surface area (Å²) in [5.41, 5.74) is 14.6. The highest BCUT2D eigenvalue weighted by atomic mass is 16.6. The molecule has 0 radical (unpaired) electrons. The third-order valence-corrected chi connectivity index (χ3v) is 34.1. The van der Waals surface area contributed by atoms with Crippen LogP contribution in [0.3, 0.4) is 0 Å². The molecule has 0 amide bonds. The van der Waals surface area contributed by atoms with Crippen LogP contribution in [0.5, 0.6) is 0 Å². The first-order valence-corrected chi connectivity index (χ1v) is 39.1. The fourth-order valence-electron chi connectivity index (χ4n) is 31.6. The van der Waals surface area contributed by atoms with E-state index in [-0.39, 0.29) is 52.5 Å². The van der Waals surface area contributed by atoms with Crippen LogP contribution in [-0.4, -0.2) is 64.6 Å². The Morgan fingerprint density at radius 1 is 0.793 bits per heavy atom. The van der Waals surface area contributed by atoms with Crippen molar-refractivity contribution < 1.29 is 24.2 Å². The Balaban J connectivity index is 0.830. The molecule has 0 unspecified atom stereocenters. The van der Waals surface area contributed by atoms with E-state index in [0.717, 1.165) is 68.7 Å². The minimum atomic E-state index is -1.22. The highest BCUT2D eigenvalue weighted by Gasteiger charge is 2.94. The Bertz CT molecular complexity index is 3670. The predicted molar refractivity (Wildman–Crippen MR) is 356 cm³/mol. The second kappa shape index (κ2) is 19.5. The minimum Gasteiger partial charge on any atom is -0.509 e. The van der Waals surface area contributed by atoms with Crippen molar-refractivity contribution in [2.45, 2.75) is 243 Å². The Kier molecular flexibility index (Phi) is 12.0. The predicted octanol–water partition coefficient (Wildman–Crippen LogP) is 16.7. The Labute approximate surface area is 549 Å². The number of esters is 2. The monoisotopic (exact) mass is 1240 g/mol. The Morgan fingerprint density at radius 3 is 2.58 bits per heavy atom. The molecule has 8 heteroatoms. The fraction of sp³-hybridized carbons (Fsp3) is 0.738. The van der Waals surface area contributed by atoms with Gasteiger partial charge in [0.2, 0.25) is 0 Å². The molecule has 0 aromatic heterocycles. The van der Waals surface area contributed by atoms with Gasteiger partial charge in [-0.2, -0.15) is 0 Å². The molecular weight excluding hydrogens is 1130 g/mol. The molecular formula is C84H105N3O5. The second-order valence-electron chi connectivity index (χ2n) is 36.6. The average Bonchev–Trinajstić information content (AvgIpc) is 1.27. The van der Waals surface area contributed by atoms with E-state index in [4.69, 9.17) is 15.2 Å². The van der Waals surface area contributed by atoms with Crippen molar-refractivity contribution >= 4 is 11.9 Å². The lowest BCUT2D eigenvalue weighted by Crippen LogP contribution is -2.78. The van der Waals surface area contributed by atoms with E-state index in [1.807, 2.05) is 0 Å². The van der Waals surface area contributed by atoms with Gasteiger partial charge in [-0.1, -0.05) is 112 Å². The molecule has 3 N–H and O–H groups in total. The summed E-state index contributed by atoms with van der Waals surface area (Å²) in [6.45, 7) is 7.86. The van der Waals surface area contributed by atoms with Crippen molar-refractivity contribution in [3.05, 3.63) is 105 Å². The summed E-state index contributed by atoms with van der Waals surface area (Å²) < 4.78 is 15.5. The number of nitrogens with zero attached hydrogens (tertiary/aromatic N) is 2. The third-order valence-electron chi connectivity index (χ3n) is 34.1. The van der Waals surface area contributed by atoms with Gasteiger partial charge in [0.15, 0.2) is 11.4 Å². The average molecular weight is 1240 g/mol. The van der Waals surface area contributed by atoms with E-state index in [9.17, 15) is 5.11 Å². The van der Waals surface area contributed by atoms with Gasteiger partial charge in [0.05, 0.1) is 11.0 Å². The summed E-state index contributed by atoms with van der Waals surface area (Å²) >= 11 is 0. The molecule has 7 spiro atoms. The maximum atomic E-state index is 17.5. The number of fused-ring (bicyclic) bond motifs is 11. The van der Waals surface area contributed by atoms with E-state index in [1.165, 1.54) is 159 Å². The van der Waals surface area contributed by atoms with Gasteiger partial charge in [0.1, 0.15) is 11.2 Å². The van der Waals surface area contributed by atoms with Crippen molar-refractivity contribution in [1.29, 1.82) is 0 Å². The summed E-state index contributed by atoms with van der Waals surface area (Å²) in [6, 6.07) is 7.51. The summed E-state index contributed by atoms with van der Waals surface area (Å²) in [7, 11) is 0. The van der Waals surface area contributed by atoms with Crippen molar-refractivity contribution in [1.82, 2.24) is 9.80 Å². The van der Waals surface area contributed by atoms with Crippen LogP contribution in [0.1, 0.15) is 234 Å². The van der Waals surface area contributed by atoms with Crippen LogP contribution < -0.4 is 5.73 Å². The number of hydrogen-bond acceptors (Lipinski definition) is 8. The third kappa shape index (κ3) is 6.71. The van der Waals surface area contributed by atoms with E-state index in [2.05, 4.69) is 84.1 Å². The van der Waals surface area contributed by atoms with Crippen molar-refractivity contribution in [3.8, 4) is 11.8 Å². The molecule has 10 fully saturated rings. The smallest absolute Gasteiger partial charge is 0.339 e. The molecule has 21 rings (SSSR count). The number of ether oxygens (including phenoxy) is 2. The molecule has 486 valence electrons. The quantitative estimate of drug-likeness (QED) is 0.175. The molecule has 24 atom stereocenters. The van der Waals surface area contributed by atoms with Gasteiger partial charge in [-0.3, -0.25) is 9.69 Å². The normalized spacial score (nSPS) is 52.0. The Morgan fingerprint density at radius 2 is 1.67 bits per heavy atom. The molecule has 7 heterocycles. The summed E-state index contributed by atoms with van der Waals surface area (Å²) in [5.74, 6) is 15.0. The molecule has 1 aromatic carbocycles. The van der Waals surface area contributed by atoms with Crippen LogP contribution >= 0.6 is 0 Å². The first-order chi connectivity index (χ1) is 44.9. The highest BCUT2D eigenvalue weighted by molar-refractivity contribution is 6.00. The highest BCUT2D eigenvalue weighted by Crippen LogP contribution is 2.89. The topological polar surface area (TPSA) is 105 Å². The summed E-state index contributed by atoms with van der Waals surface area (Å²) in [5, 5.41) is 14.6. The second-order valence-corrected chi connectivity index (χ2v) is 36.6. The summed E-state index contributed by atoms with van der Waals surface area (Å²) in [4.78, 5) is 39.7. The van der Waals surface area contributed by atoms with E-state index in [1.54, 1.807) is 16.8 Å². The van der Waals surface area contributed by atoms with Gasteiger partial charge in [-0.25, -0.2) is 4.79 Å². The van der Waals surface area contributed by atoms with Gasteiger partial charge < -0.3 is 25.2 Å². The van der Waals surface area contributed by atoms with Crippen LogP contribution in [0.4, 0.5) is 0 Å². The van der Waals surface area contributed by atoms with Gasteiger partial charge in [-0.15, -0.1) is 5.92 Å². The molecule has 92 heavy (non-hydrogen) atoms. The molecule has 8 nitrogen and oxygen atoms in total. The fourth-order valence-corrected chi connectivity index (χ4v) is 31.6. The largest absolute Gasteiger partial charge is 0.509 e. The van der Waals surface area contributed by atoms with E-state index in [0.29, 0.717) is 125 Å². The lowest BCUT2D eigenvalue weighted by Gasteiger charge is -2.73.